The second-order valence-corrected chi connectivity index (χ2v) is 6.78. The number of ether oxygens (including phenoxy) is 1. The van der Waals surface area contributed by atoms with Crippen LogP contribution in [0.1, 0.15) is 12.8 Å². The number of rotatable bonds is 3. The lowest BCUT2D eigenvalue weighted by Crippen LogP contribution is -2.54. The minimum absolute atomic E-state index is 0.212. The SMILES string of the molecule is CN(C1CCN(c2ncc(I)cc2F)CC1)C1COC1. The quantitative estimate of drug-likeness (QED) is 0.739. The summed E-state index contributed by atoms with van der Waals surface area (Å²) >= 11 is 2.08. The fourth-order valence-electron chi connectivity index (χ4n) is 2.88. The highest BCUT2D eigenvalue weighted by molar-refractivity contribution is 14.1. The van der Waals surface area contributed by atoms with Crippen molar-refractivity contribution in [2.45, 2.75) is 24.9 Å². The molecule has 3 heterocycles. The van der Waals surface area contributed by atoms with Crippen LogP contribution in [-0.4, -0.2) is 55.3 Å². The first-order chi connectivity index (χ1) is 9.65. The molecule has 2 aliphatic rings. The summed E-state index contributed by atoms with van der Waals surface area (Å²) in [5.41, 5.74) is 0. The molecule has 1 aromatic heterocycles. The summed E-state index contributed by atoms with van der Waals surface area (Å²) in [5, 5.41) is 0. The molecule has 0 unspecified atom stereocenters. The Hall–Kier alpha value is -0.470. The first-order valence-electron chi connectivity index (χ1n) is 7.01. The molecule has 2 aliphatic heterocycles. The van der Waals surface area contributed by atoms with Gasteiger partial charge in [0, 0.05) is 28.9 Å². The van der Waals surface area contributed by atoms with Crippen LogP contribution >= 0.6 is 22.6 Å². The van der Waals surface area contributed by atoms with E-state index in [4.69, 9.17) is 4.74 Å². The van der Waals surface area contributed by atoms with Crippen molar-refractivity contribution in [3.05, 3.63) is 21.7 Å². The molecule has 0 radical (unpaired) electrons. The van der Waals surface area contributed by atoms with E-state index in [1.165, 1.54) is 0 Å². The zero-order chi connectivity index (χ0) is 14.1. The summed E-state index contributed by atoms with van der Waals surface area (Å²) < 4.78 is 20.0. The largest absolute Gasteiger partial charge is 0.378 e. The molecule has 0 spiro atoms. The van der Waals surface area contributed by atoms with Gasteiger partial charge in [0.05, 0.1) is 19.3 Å². The Labute approximate surface area is 132 Å². The van der Waals surface area contributed by atoms with E-state index in [-0.39, 0.29) is 5.82 Å². The van der Waals surface area contributed by atoms with Crippen molar-refractivity contribution in [3.8, 4) is 0 Å². The molecule has 6 heteroatoms. The van der Waals surface area contributed by atoms with Crippen molar-refractivity contribution in [1.82, 2.24) is 9.88 Å². The highest BCUT2D eigenvalue weighted by Crippen LogP contribution is 2.25. The lowest BCUT2D eigenvalue weighted by molar-refractivity contribution is -0.0718. The number of aromatic nitrogens is 1. The highest BCUT2D eigenvalue weighted by Gasteiger charge is 2.31. The van der Waals surface area contributed by atoms with E-state index < -0.39 is 0 Å². The molecule has 110 valence electrons. The van der Waals surface area contributed by atoms with Crippen LogP contribution in [0.5, 0.6) is 0 Å². The third kappa shape index (κ3) is 2.92. The van der Waals surface area contributed by atoms with Gasteiger partial charge in [-0.3, -0.25) is 4.90 Å². The standard InChI is InChI=1S/C14H19FIN3O/c1-18(12-8-20-9-12)11-2-4-19(5-3-11)14-13(15)6-10(16)7-17-14/h6-7,11-12H,2-5,8-9H2,1H3. The van der Waals surface area contributed by atoms with Gasteiger partial charge in [-0.05, 0) is 48.5 Å². The van der Waals surface area contributed by atoms with Gasteiger partial charge in [-0.15, -0.1) is 0 Å². The van der Waals surface area contributed by atoms with Crippen LogP contribution in [0.2, 0.25) is 0 Å². The molecule has 0 aliphatic carbocycles. The fraction of sp³-hybridized carbons (Fsp3) is 0.643. The number of nitrogens with zero attached hydrogens (tertiary/aromatic N) is 3. The fourth-order valence-corrected chi connectivity index (χ4v) is 3.29. The average molecular weight is 391 g/mol. The maximum absolute atomic E-state index is 13.9. The Balaban J connectivity index is 1.60. The van der Waals surface area contributed by atoms with E-state index >= 15 is 0 Å². The van der Waals surface area contributed by atoms with Crippen LogP contribution < -0.4 is 4.90 Å². The first-order valence-corrected chi connectivity index (χ1v) is 8.08. The van der Waals surface area contributed by atoms with Crippen LogP contribution in [0.15, 0.2) is 12.3 Å². The molecule has 4 nitrogen and oxygen atoms in total. The minimum Gasteiger partial charge on any atom is -0.378 e. The normalized spacial score (nSPS) is 21.3. The summed E-state index contributed by atoms with van der Waals surface area (Å²) in [6.45, 7) is 3.44. The maximum atomic E-state index is 13.9. The van der Waals surface area contributed by atoms with E-state index in [2.05, 4.69) is 44.4 Å². The molecule has 2 fully saturated rings. The van der Waals surface area contributed by atoms with Crippen molar-refractivity contribution in [2.24, 2.45) is 0 Å². The Morgan fingerprint density at radius 1 is 1.35 bits per heavy atom. The van der Waals surface area contributed by atoms with E-state index in [1.54, 1.807) is 12.3 Å². The van der Waals surface area contributed by atoms with Crippen LogP contribution in [-0.2, 0) is 4.74 Å². The van der Waals surface area contributed by atoms with Gasteiger partial charge in [-0.2, -0.15) is 0 Å². The molecule has 3 rings (SSSR count). The van der Waals surface area contributed by atoms with Gasteiger partial charge in [0.2, 0.25) is 0 Å². The molecule has 0 bridgehead atoms. The summed E-state index contributed by atoms with van der Waals surface area (Å²) in [4.78, 5) is 8.74. The third-order valence-electron chi connectivity index (χ3n) is 4.32. The third-order valence-corrected chi connectivity index (χ3v) is 4.91. The zero-order valence-electron chi connectivity index (χ0n) is 11.6. The summed E-state index contributed by atoms with van der Waals surface area (Å²) in [6.07, 6.45) is 3.84. The zero-order valence-corrected chi connectivity index (χ0v) is 13.7. The smallest absolute Gasteiger partial charge is 0.166 e. The molecule has 0 N–H and O–H groups in total. The van der Waals surface area contributed by atoms with Gasteiger partial charge in [-0.1, -0.05) is 0 Å². The van der Waals surface area contributed by atoms with Gasteiger partial charge in [0.1, 0.15) is 0 Å². The van der Waals surface area contributed by atoms with Gasteiger partial charge >= 0.3 is 0 Å². The molecular formula is C14H19FIN3O. The van der Waals surface area contributed by atoms with Crippen molar-refractivity contribution in [2.75, 3.05) is 38.3 Å². The maximum Gasteiger partial charge on any atom is 0.166 e. The van der Waals surface area contributed by atoms with Gasteiger partial charge in [0.15, 0.2) is 11.6 Å². The number of pyridine rings is 1. The topological polar surface area (TPSA) is 28.6 Å². The second kappa shape index (κ2) is 6.11. The number of halogens is 2. The molecule has 2 saturated heterocycles. The number of hydrogen-bond acceptors (Lipinski definition) is 4. The monoisotopic (exact) mass is 391 g/mol. The Kier molecular flexibility index (Phi) is 4.42. The lowest BCUT2D eigenvalue weighted by Gasteiger charge is -2.43. The Morgan fingerprint density at radius 3 is 2.60 bits per heavy atom. The number of hydrogen-bond donors (Lipinski definition) is 0. The molecule has 0 saturated carbocycles. The second-order valence-electron chi connectivity index (χ2n) is 5.53. The Bertz CT molecular complexity index is 475. The van der Waals surface area contributed by atoms with Crippen LogP contribution in [0.4, 0.5) is 10.2 Å². The van der Waals surface area contributed by atoms with E-state index in [0.29, 0.717) is 17.9 Å². The summed E-state index contributed by atoms with van der Waals surface area (Å²) in [6, 6.07) is 2.69. The predicted octanol–water partition coefficient (Wildman–Crippen LogP) is 2.12. The average Bonchev–Trinajstić information content (AvgIpc) is 2.37. The van der Waals surface area contributed by atoms with Crippen molar-refractivity contribution < 1.29 is 9.13 Å². The number of piperidine rings is 1. The van der Waals surface area contributed by atoms with Gasteiger partial charge < -0.3 is 9.64 Å². The van der Waals surface area contributed by atoms with Crippen molar-refractivity contribution in [3.63, 3.8) is 0 Å². The summed E-state index contributed by atoms with van der Waals surface area (Å²) in [7, 11) is 2.18. The molecule has 0 aromatic carbocycles. The molecule has 0 atom stereocenters. The molecule has 0 amide bonds. The van der Waals surface area contributed by atoms with Crippen molar-refractivity contribution in [1.29, 1.82) is 0 Å². The van der Waals surface area contributed by atoms with Crippen LogP contribution in [0.3, 0.4) is 0 Å². The lowest BCUT2D eigenvalue weighted by atomic mass is 10.0. The molecule has 1 aromatic rings. The van der Waals surface area contributed by atoms with Gasteiger partial charge in [0.25, 0.3) is 0 Å². The minimum atomic E-state index is -0.212. The summed E-state index contributed by atoms with van der Waals surface area (Å²) in [5.74, 6) is 0.287. The molecular weight excluding hydrogens is 372 g/mol. The number of anilines is 1. The van der Waals surface area contributed by atoms with Crippen LogP contribution in [0.25, 0.3) is 0 Å². The number of likely N-dealkylation sites (N-methyl/N-ethyl adjacent to an activating group) is 1. The van der Waals surface area contributed by atoms with E-state index in [9.17, 15) is 4.39 Å². The molecule has 20 heavy (non-hydrogen) atoms. The van der Waals surface area contributed by atoms with Gasteiger partial charge in [-0.25, -0.2) is 9.37 Å². The van der Waals surface area contributed by atoms with Crippen molar-refractivity contribution >= 4 is 28.4 Å². The van der Waals surface area contributed by atoms with E-state index in [1.807, 2.05) is 0 Å². The van der Waals surface area contributed by atoms with E-state index in [0.717, 1.165) is 42.7 Å². The van der Waals surface area contributed by atoms with Crippen LogP contribution in [0, 0.1) is 9.39 Å². The first kappa shape index (κ1) is 14.5. The Morgan fingerprint density at radius 2 is 2.05 bits per heavy atom. The highest BCUT2D eigenvalue weighted by atomic mass is 127. The predicted molar refractivity (Wildman–Crippen MR) is 84.5 cm³/mol.